The molecule has 0 saturated carbocycles. The third kappa shape index (κ3) is 2.75. The first-order valence-electron chi connectivity index (χ1n) is 6.78. The Morgan fingerprint density at radius 2 is 2.17 bits per heavy atom. The Hall–Kier alpha value is -0.870. The SMILES string of the molecule is CCNCc1cnn(C2CC(C)(C)OC2(C)C)c1. The topological polar surface area (TPSA) is 39.1 Å². The molecule has 1 unspecified atom stereocenters. The normalized spacial score (nSPS) is 25.5. The molecule has 0 amide bonds. The van der Waals surface area contributed by atoms with E-state index in [4.69, 9.17) is 4.74 Å². The van der Waals surface area contributed by atoms with Crippen LogP contribution in [0, 0.1) is 0 Å². The fourth-order valence-corrected chi connectivity index (χ4v) is 2.85. The Balaban J connectivity index is 2.14. The number of hydrogen-bond acceptors (Lipinski definition) is 3. The van der Waals surface area contributed by atoms with E-state index >= 15 is 0 Å². The van der Waals surface area contributed by atoms with E-state index in [1.807, 2.05) is 6.20 Å². The van der Waals surface area contributed by atoms with Crippen LogP contribution in [0.2, 0.25) is 0 Å². The first-order valence-corrected chi connectivity index (χ1v) is 6.78. The summed E-state index contributed by atoms with van der Waals surface area (Å²) in [6.07, 6.45) is 5.09. The third-order valence-corrected chi connectivity index (χ3v) is 3.58. The molecule has 0 spiro atoms. The predicted octanol–water partition coefficient (Wildman–Crippen LogP) is 2.51. The molecule has 1 saturated heterocycles. The lowest BCUT2D eigenvalue weighted by Gasteiger charge is -2.27. The molecule has 1 atom stereocenters. The second-order valence-electron chi connectivity index (χ2n) is 6.29. The van der Waals surface area contributed by atoms with Crippen LogP contribution in [0.5, 0.6) is 0 Å². The lowest BCUT2D eigenvalue weighted by molar-refractivity contribution is -0.0737. The fourth-order valence-electron chi connectivity index (χ4n) is 2.85. The van der Waals surface area contributed by atoms with Crippen molar-refractivity contribution in [2.75, 3.05) is 6.54 Å². The van der Waals surface area contributed by atoms with E-state index in [0.29, 0.717) is 6.04 Å². The van der Waals surface area contributed by atoms with Gasteiger partial charge >= 0.3 is 0 Å². The first kappa shape index (κ1) is 13.6. The Kier molecular flexibility index (Phi) is 3.52. The van der Waals surface area contributed by atoms with Gasteiger partial charge in [0.05, 0.1) is 23.4 Å². The molecular weight excluding hydrogens is 226 g/mol. The van der Waals surface area contributed by atoms with Crippen LogP contribution in [0.1, 0.15) is 52.6 Å². The van der Waals surface area contributed by atoms with Gasteiger partial charge in [0.2, 0.25) is 0 Å². The van der Waals surface area contributed by atoms with Gasteiger partial charge in [-0.25, -0.2) is 0 Å². The molecule has 0 radical (unpaired) electrons. The van der Waals surface area contributed by atoms with Gasteiger partial charge in [-0.15, -0.1) is 0 Å². The van der Waals surface area contributed by atoms with Crippen molar-refractivity contribution in [3.63, 3.8) is 0 Å². The number of ether oxygens (including phenoxy) is 1. The van der Waals surface area contributed by atoms with Crippen LogP contribution in [0.3, 0.4) is 0 Å². The van der Waals surface area contributed by atoms with E-state index in [2.05, 4.69) is 55.9 Å². The third-order valence-electron chi connectivity index (χ3n) is 3.58. The Bertz CT molecular complexity index is 409. The van der Waals surface area contributed by atoms with Gasteiger partial charge in [0, 0.05) is 24.7 Å². The van der Waals surface area contributed by atoms with Crippen LogP contribution in [0.25, 0.3) is 0 Å². The molecule has 0 aromatic carbocycles. The Morgan fingerprint density at radius 3 is 2.72 bits per heavy atom. The molecule has 1 aromatic heterocycles. The zero-order chi connectivity index (χ0) is 13.4. The summed E-state index contributed by atoms with van der Waals surface area (Å²) in [6.45, 7) is 12.6. The quantitative estimate of drug-likeness (QED) is 0.893. The average Bonchev–Trinajstić information content (AvgIpc) is 2.77. The summed E-state index contributed by atoms with van der Waals surface area (Å²) in [5.41, 5.74) is 1.00. The predicted molar refractivity (Wildman–Crippen MR) is 72.5 cm³/mol. The highest BCUT2D eigenvalue weighted by molar-refractivity contribution is 5.07. The van der Waals surface area contributed by atoms with Crippen LogP contribution in [0.15, 0.2) is 12.4 Å². The van der Waals surface area contributed by atoms with Gasteiger partial charge in [-0.2, -0.15) is 5.10 Å². The van der Waals surface area contributed by atoms with Crippen molar-refractivity contribution in [3.8, 4) is 0 Å². The van der Waals surface area contributed by atoms with Crippen LogP contribution in [-0.4, -0.2) is 27.5 Å². The molecule has 2 rings (SSSR count). The largest absolute Gasteiger partial charge is 0.367 e. The number of hydrogen-bond donors (Lipinski definition) is 1. The van der Waals surface area contributed by atoms with Crippen molar-refractivity contribution in [2.24, 2.45) is 0 Å². The molecule has 2 heterocycles. The van der Waals surface area contributed by atoms with Crippen molar-refractivity contribution in [2.45, 2.75) is 64.8 Å². The van der Waals surface area contributed by atoms with Gasteiger partial charge in [0.25, 0.3) is 0 Å². The molecule has 102 valence electrons. The van der Waals surface area contributed by atoms with E-state index in [1.165, 1.54) is 5.56 Å². The van der Waals surface area contributed by atoms with Crippen LogP contribution in [0.4, 0.5) is 0 Å². The number of aromatic nitrogens is 2. The van der Waals surface area contributed by atoms with E-state index in [1.54, 1.807) is 0 Å². The van der Waals surface area contributed by atoms with Crippen LogP contribution >= 0.6 is 0 Å². The summed E-state index contributed by atoms with van der Waals surface area (Å²) in [4.78, 5) is 0. The average molecular weight is 251 g/mol. The lowest BCUT2D eigenvalue weighted by Crippen LogP contribution is -2.31. The summed E-state index contributed by atoms with van der Waals surface area (Å²) in [5.74, 6) is 0. The molecule has 0 aliphatic carbocycles. The van der Waals surface area contributed by atoms with Crippen molar-refractivity contribution >= 4 is 0 Å². The van der Waals surface area contributed by atoms with Crippen molar-refractivity contribution in [1.82, 2.24) is 15.1 Å². The van der Waals surface area contributed by atoms with Gasteiger partial charge in [-0.1, -0.05) is 6.92 Å². The van der Waals surface area contributed by atoms with Gasteiger partial charge in [0.1, 0.15) is 0 Å². The van der Waals surface area contributed by atoms with E-state index < -0.39 is 0 Å². The Labute approximate surface area is 110 Å². The molecule has 1 fully saturated rings. The lowest BCUT2D eigenvalue weighted by atomic mass is 9.95. The van der Waals surface area contributed by atoms with Gasteiger partial charge in [0.15, 0.2) is 0 Å². The summed E-state index contributed by atoms with van der Waals surface area (Å²) in [5, 5.41) is 7.83. The van der Waals surface area contributed by atoms with Gasteiger partial charge < -0.3 is 10.1 Å². The molecule has 18 heavy (non-hydrogen) atoms. The van der Waals surface area contributed by atoms with Crippen molar-refractivity contribution in [1.29, 1.82) is 0 Å². The smallest absolute Gasteiger partial charge is 0.0857 e. The second kappa shape index (κ2) is 4.67. The molecular formula is C14H25N3O. The number of rotatable bonds is 4. The minimum atomic E-state index is -0.162. The van der Waals surface area contributed by atoms with Crippen molar-refractivity contribution < 1.29 is 4.74 Å². The highest BCUT2D eigenvalue weighted by Gasteiger charge is 2.47. The fraction of sp³-hybridized carbons (Fsp3) is 0.786. The van der Waals surface area contributed by atoms with Crippen LogP contribution < -0.4 is 5.32 Å². The molecule has 0 bridgehead atoms. The summed E-state index contributed by atoms with van der Waals surface area (Å²) in [7, 11) is 0. The van der Waals surface area contributed by atoms with E-state index in [9.17, 15) is 0 Å². The van der Waals surface area contributed by atoms with E-state index in [-0.39, 0.29) is 11.2 Å². The molecule has 1 aromatic rings. The number of nitrogens with one attached hydrogen (secondary N) is 1. The monoisotopic (exact) mass is 251 g/mol. The highest BCUT2D eigenvalue weighted by atomic mass is 16.5. The van der Waals surface area contributed by atoms with Gasteiger partial charge in [-0.3, -0.25) is 4.68 Å². The molecule has 1 N–H and O–H groups in total. The summed E-state index contributed by atoms with van der Waals surface area (Å²) < 4.78 is 8.19. The highest BCUT2D eigenvalue weighted by Crippen LogP contribution is 2.44. The minimum absolute atomic E-state index is 0.0675. The zero-order valence-corrected chi connectivity index (χ0v) is 12.2. The maximum Gasteiger partial charge on any atom is 0.0857 e. The molecule has 1 aliphatic rings. The van der Waals surface area contributed by atoms with E-state index in [0.717, 1.165) is 19.5 Å². The van der Waals surface area contributed by atoms with Crippen molar-refractivity contribution in [3.05, 3.63) is 18.0 Å². The number of nitrogens with zero attached hydrogens (tertiary/aromatic N) is 2. The Morgan fingerprint density at radius 1 is 1.44 bits per heavy atom. The molecule has 4 nitrogen and oxygen atoms in total. The van der Waals surface area contributed by atoms with Crippen LogP contribution in [-0.2, 0) is 11.3 Å². The standard InChI is InChI=1S/C14H25N3O/c1-6-15-8-11-9-16-17(10-11)12-7-13(2,3)18-14(12,4)5/h9-10,12,15H,6-8H2,1-5H3. The molecule has 4 heteroatoms. The summed E-state index contributed by atoms with van der Waals surface area (Å²) in [6, 6.07) is 0.308. The summed E-state index contributed by atoms with van der Waals surface area (Å²) >= 11 is 0. The minimum Gasteiger partial charge on any atom is -0.367 e. The maximum absolute atomic E-state index is 6.12. The molecule has 1 aliphatic heterocycles. The maximum atomic E-state index is 6.12. The second-order valence-corrected chi connectivity index (χ2v) is 6.29. The first-order chi connectivity index (χ1) is 8.34. The van der Waals surface area contributed by atoms with Gasteiger partial charge in [-0.05, 0) is 34.2 Å². The zero-order valence-electron chi connectivity index (χ0n) is 12.2.